The zero-order valence-corrected chi connectivity index (χ0v) is 13.4. The Labute approximate surface area is 136 Å². The SMILES string of the molecule is CCOc1cccc(CNCC2(O)CCc3ccccc32)c1O. The number of hydrogen-bond acceptors (Lipinski definition) is 4. The molecule has 3 rings (SSSR count). The topological polar surface area (TPSA) is 61.7 Å². The zero-order valence-electron chi connectivity index (χ0n) is 13.4. The van der Waals surface area contributed by atoms with Gasteiger partial charge in [-0.3, -0.25) is 0 Å². The summed E-state index contributed by atoms with van der Waals surface area (Å²) in [7, 11) is 0. The van der Waals surface area contributed by atoms with Crippen molar-refractivity contribution in [3.05, 3.63) is 59.2 Å². The summed E-state index contributed by atoms with van der Waals surface area (Å²) in [5.74, 6) is 0.664. The van der Waals surface area contributed by atoms with E-state index in [0.717, 1.165) is 24.0 Å². The highest BCUT2D eigenvalue weighted by Gasteiger charge is 2.35. The monoisotopic (exact) mass is 313 g/mol. The minimum absolute atomic E-state index is 0.167. The van der Waals surface area contributed by atoms with Gasteiger partial charge in [0.05, 0.1) is 6.61 Å². The Bertz CT molecular complexity index is 686. The van der Waals surface area contributed by atoms with Crippen LogP contribution < -0.4 is 10.1 Å². The predicted molar refractivity (Wildman–Crippen MR) is 89.6 cm³/mol. The van der Waals surface area contributed by atoms with Crippen LogP contribution in [0.4, 0.5) is 0 Å². The maximum absolute atomic E-state index is 10.9. The molecule has 4 heteroatoms. The van der Waals surface area contributed by atoms with Gasteiger partial charge in [0.15, 0.2) is 11.5 Å². The maximum Gasteiger partial charge on any atom is 0.162 e. The van der Waals surface area contributed by atoms with Crippen LogP contribution in [-0.4, -0.2) is 23.4 Å². The van der Waals surface area contributed by atoms with Crippen LogP contribution in [0.5, 0.6) is 11.5 Å². The molecule has 0 fully saturated rings. The Balaban J connectivity index is 1.65. The number of benzene rings is 2. The van der Waals surface area contributed by atoms with Crippen LogP contribution in [0.1, 0.15) is 30.0 Å². The summed E-state index contributed by atoms with van der Waals surface area (Å²) in [6.07, 6.45) is 1.63. The third-order valence-corrected chi connectivity index (χ3v) is 4.44. The number of para-hydroxylation sites is 1. The summed E-state index contributed by atoms with van der Waals surface area (Å²) >= 11 is 0. The van der Waals surface area contributed by atoms with Crippen LogP contribution in [0.25, 0.3) is 0 Å². The van der Waals surface area contributed by atoms with E-state index in [9.17, 15) is 10.2 Å². The second-order valence-corrected chi connectivity index (χ2v) is 5.99. The standard InChI is InChI=1S/C19H23NO3/c1-2-23-17-9-5-7-15(18(17)21)12-20-13-19(22)11-10-14-6-3-4-8-16(14)19/h3-9,20-22H,2,10-13H2,1H3. The Hall–Kier alpha value is -2.04. The van der Waals surface area contributed by atoms with E-state index in [1.807, 2.05) is 37.3 Å². The third-order valence-electron chi connectivity index (χ3n) is 4.44. The maximum atomic E-state index is 10.9. The second kappa shape index (κ2) is 6.60. The Morgan fingerprint density at radius 1 is 1.17 bits per heavy atom. The largest absolute Gasteiger partial charge is 0.504 e. The van der Waals surface area contributed by atoms with Gasteiger partial charge in [-0.25, -0.2) is 0 Å². The Morgan fingerprint density at radius 2 is 2.00 bits per heavy atom. The fourth-order valence-electron chi connectivity index (χ4n) is 3.24. The molecular weight excluding hydrogens is 290 g/mol. The van der Waals surface area contributed by atoms with Gasteiger partial charge in [-0.05, 0) is 37.0 Å². The van der Waals surface area contributed by atoms with Crippen molar-refractivity contribution in [3.8, 4) is 11.5 Å². The summed E-state index contributed by atoms with van der Waals surface area (Å²) < 4.78 is 5.40. The zero-order chi connectivity index (χ0) is 16.3. The van der Waals surface area contributed by atoms with Gasteiger partial charge < -0.3 is 20.3 Å². The van der Waals surface area contributed by atoms with E-state index in [1.165, 1.54) is 5.56 Å². The second-order valence-electron chi connectivity index (χ2n) is 5.99. The number of phenols is 1. The van der Waals surface area contributed by atoms with Crippen LogP contribution in [0.15, 0.2) is 42.5 Å². The lowest BCUT2D eigenvalue weighted by Crippen LogP contribution is -2.36. The van der Waals surface area contributed by atoms with Crippen molar-refractivity contribution in [2.24, 2.45) is 0 Å². The molecule has 0 bridgehead atoms. The molecule has 1 unspecified atom stereocenters. The molecule has 0 amide bonds. The number of nitrogens with one attached hydrogen (secondary N) is 1. The highest BCUT2D eigenvalue weighted by molar-refractivity contribution is 5.45. The first-order chi connectivity index (χ1) is 11.1. The number of phenolic OH excluding ortho intramolecular Hbond substituents is 1. The van der Waals surface area contributed by atoms with Gasteiger partial charge in [-0.1, -0.05) is 36.4 Å². The van der Waals surface area contributed by atoms with Crippen LogP contribution in [0, 0.1) is 0 Å². The minimum atomic E-state index is -0.830. The molecule has 3 N–H and O–H groups in total. The van der Waals surface area contributed by atoms with Crippen molar-refractivity contribution in [1.29, 1.82) is 0 Å². The molecule has 0 heterocycles. The summed E-state index contributed by atoms with van der Waals surface area (Å²) in [6.45, 7) is 3.35. The highest BCUT2D eigenvalue weighted by Crippen LogP contribution is 2.36. The molecule has 2 aromatic rings. The molecule has 0 saturated heterocycles. The molecule has 0 saturated carbocycles. The average Bonchev–Trinajstić information content (AvgIpc) is 2.89. The average molecular weight is 313 g/mol. The van der Waals surface area contributed by atoms with Gasteiger partial charge in [-0.15, -0.1) is 0 Å². The summed E-state index contributed by atoms with van der Waals surface area (Å²) in [4.78, 5) is 0. The number of aliphatic hydroxyl groups is 1. The number of fused-ring (bicyclic) bond motifs is 1. The normalized spacial score (nSPS) is 19.6. The quantitative estimate of drug-likeness (QED) is 0.767. The molecule has 122 valence electrons. The fourth-order valence-corrected chi connectivity index (χ4v) is 3.24. The van der Waals surface area contributed by atoms with Gasteiger partial charge in [0.25, 0.3) is 0 Å². The Morgan fingerprint density at radius 3 is 2.83 bits per heavy atom. The van der Waals surface area contributed by atoms with E-state index in [1.54, 1.807) is 6.07 Å². The first-order valence-electron chi connectivity index (χ1n) is 8.09. The van der Waals surface area contributed by atoms with E-state index >= 15 is 0 Å². The Kier molecular flexibility index (Phi) is 4.55. The molecule has 0 aliphatic heterocycles. The number of hydrogen-bond donors (Lipinski definition) is 3. The van der Waals surface area contributed by atoms with Crippen molar-refractivity contribution < 1.29 is 14.9 Å². The molecule has 23 heavy (non-hydrogen) atoms. The molecule has 4 nitrogen and oxygen atoms in total. The summed E-state index contributed by atoms with van der Waals surface area (Å²) in [6, 6.07) is 13.5. The van der Waals surface area contributed by atoms with Gasteiger partial charge >= 0.3 is 0 Å². The van der Waals surface area contributed by atoms with Crippen molar-refractivity contribution in [1.82, 2.24) is 5.32 Å². The lowest BCUT2D eigenvalue weighted by atomic mass is 9.96. The van der Waals surface area contributed by atoms with E-state index in [0.29, 0.717) is 25.4 Å². The predicted octanol–water partition coefficient (Wildman–Crippen LogP) is 2.71. The third kappa shape index (κ3) is 3.19. The van der Waals surface area contributed by atoms with E-state index in [4.69, 9.17) is 4.74 Å². The highest BCUT2D eigenvalue weighted by atomic mass is 16.5. The first kappa shape index (κ1) is 15.8. The molecule has 0 spiro atoms. The molecule has 1 atom stereocenters. The van der Waals surface area contributed by atoms with Crippen molar-refractivity contribution in [2.45, 2.75) is 31.9 Å². The van der Waals surface area contributed by atoms with Crippen LogP contribution in [-0.2, 0) is 18.6 Å². The number of aromatic hydroxyl groups is 1. The minimum Gasteiger partial charge on any atom is -0.504 e. The van der Waals surface area contributed by atoms with Crippen LogP contribution >= 0.6 is 0 Å². The fraction of sp³-hybridized carbons (Fsp3) is 0.368. The number of ether oxygens (including phenoxy) is 1. The van der Waals surface area contributed by atoms with E-state index in [2.05, 4.69) is 11.4 Å². The van der Waals surface area contributed by atoms with Gasteiger partial charge in [-0.2, -0.15) is 0 Å². The van der Waals surface area contributed by atoms with Crippen molar-refractivity contribution in [2.75, 3.05) is 13.2 Å². The molecular formula is C19H23NO3. The van der Waals surface area contributed by atoms with Gasteiger partial charge in [0.2, 0.25) is 0 Å². The summed E-state index contributed by atoms with van der Waals surface area (Å²) in [5, 5.41) is 24.4. The summed E-state index contributed by atoms with van der Waals surface area (Å²) in [5.41, 5.74) is 2.17. The molecule has 1 aliphatic carbocycles. The molecule has 2 aromatic carbocycles. The van der Waals surface area contributed by atoms with Gasteiger partial charge in [0.1, 0.15) is 5.60 Å². The van der Waals surface area contributed by atoms with Crippen molar-refractivity contribution in [3.63, 3.8) is 0 Å². The smallest absolute Gasteiger partial charge is 0.162 e. The lowest BCUT2D eigenvalue weighted by Gasteiger charge is -2.24. The molecule has 0 radical (unpaired) electrons. The van der Waals surface area contributed by atoms with E-state index in [-0.39, 0.29) is 5.75 Å². The van der Waals surface area contributed by atoms with Gasteiger partial charge in [0, 0.05) is 18.7 Å². The molecule has 0 aromatic heterocycles. The van der Waals surface area contributed by atoms with Crippen LogP contribution in [0.3, 0.4) is 0 Å². The van der Waals surface area contributed by atoms with Crippen LogP contribution in [0.2, 0.25) is 0 Å². The first-order valence-corrected chi connectivity index (χ1v) is 8.09. The molecule has 1 aliphatic rings. The lowest BCUT2D eigenvalue weighted by molar-refractivity contribution is 0.0384. The van der Waals surface area contributed by atoms with E-state index < -0.39 is 5.60 Å². The number of rotatable bonds is 6. The van der Waals surface area contributed by atoms with Crippen molar-refractivity contribution >= 4 is 0 Å². The number of aryl methyl sites for hydroxylation is 1.